The Balaban J connectivity index is 2.09. The van der Waals surface area contributed by atoms with Gasteiger partial charge in [0.2, 0.25) is 0 Å². The van der Waals surface area contributed by atoms with Gasteiger partial charge in [-0.2, -0.15) is 0 Å². The van der Waals surface area contributed by atoms with Crippen molar-refractivity contribution in [3.8, 4) is 0 Å². The van der Waals surface area contributed by atoms with Crippen LogP contribution in [-0.2, 0) is 0 Å². The molecule has 0 aliphatic heterocycles. The quantitative estimate of drug-likeness (QED) is 0.820. The van der Waals surface area contributed by atoms with Crippen molar-refractivity contribution in [2.45, 2.75) is 6.92 Å². The zero-order chi connectivity index (χ0) is 12.3. The summed E-state index contributed by atoms with van der Waals surface area (Å²) in [6.07, 6.45) is 2.45. The molecule has 1 aromatic carbocycles. The van der Waals surface area contributed by atoms with Crippen LogP contribution in [0.5, 0.6) is 0 Å². The molecule has 0 radical (unpaired) electrons. The molecule has 5 heteroatoms. The Morgan fingerprint density at radius 2 is 1.94 bits per heavy atom. The summed E-state index contributed by atoms with van der Waals surface area (Å²) >= 11 is 0. The van der Waals surface area contributed by atoms with Crippen LogP contribution < -0.4 is 5.32 Å². The van der Waals surface area contributed by atoms with Crippen LogP contribution in [0.15, 0.2) is 41.3 Å². The highest BCUT2D eigenvalue weighted by Gasteiger charge is 2.08. The van der Waals surface area contributed by atoms with E-state index in [1.165, 1.54) is 19.6 Å². The second-order valence-corrected chi connectivity index (χ2v) is 3.46. The van der Waals surface area contributed by atoms with Gasteiger partial charge < -0.3 is 9.73 Å². The number of hydrogen-bond acceptors (Lipinski definition) is 4. The molecule has 0 bridgehead atoms. The van der Waals surface area contributed by atoms with Gasteiger partial charge >= 0.3 is 0 Å². The largest absolute Gasteiger partial charge is 0.451 e. The fourth-order valence-electron chi connectivity index (χ4n) is 1.31. The first kappa shape index (κ1) is 11.1. The van der Waals surface area contributed by atoms with Crippen LogP contribution >= 0.6 is 0 Å². The molecule has 0 saturated carbocycles. The first-order valence-electron chi connectivity index (χ1n) is 4.97. The van der Waals surface area contributed by atoms with Crippen LogP contribution in [0.4, 0.5) is 5.69 Å². The number of benzene rings is 1. The van der Waals surface area contributed by atoms with E-state index in [1.54, 1.807) is 24.3 Å². The van der Waals surface area contributed by atoms with Crippen molar-refractivity contribution in [1.29, 1.82) is 0 Å². The normalized spacial score (nSPS) is 9.94. The van der Waals surface area contributed by atoms with Crippen molar-refractivity contribution in [1.82, 2.24) is 4.98 Å². The molecule has 0 aliphatic carbocycles. The minimum atomic E-state index is -0.352. The number of anilines is 1. The zero-order valence-electron chi connectivity index (χ0n) is 9.14. The fourth-order valence-corrected chi connectivity index (χ4v) is 1.31. The van der Waals surface area contributed by atoms with E-state index in [1.807, 2.05) is 0 Å². The van der Waals surface area contributed by atoms with Crippen molar-refractivity contribution < 1.29 is 14.0 Å². The molecule has 86 valence electrons. The molecule has 0 atom stereocenters. The lowest BCUT2D eigenvalue weighted by Crippen LogP contribution is -2.12. The monoisotopic (exact) mass is 230 g/mol. The fraction of sp³-hybridized carbons (Fsp3) is 0.0833. The van der Waals surface area contributed by atoms with E-state index in [0.717, 1.165) is 0 Å². The molecule has 0 unspecified atom stereocenters. The van der Waals surface area contributed by atoms with Crippen molar-refractivity contribution in [3.05, 3.63) is 48.2 Å². The zero-order valence-corrected chi connectivity index (χ0v) is 9.14. The Labute approximate surface area is 97.5 Å². The molecular weight excluding hydrogens is 220 g/mol. The van der Waals surface area contributed by atoms with Crippen LogP contribution in [0, 0.1) is 0 Å². The van der Waals surface area contributed by atoms with E-state index in [9.17, 15) is 9.59 Å². The highest BCUT2D eigenvalue weighted by atomic mass is 16.3. The molecule has 1 heterocycles. The van der Waals surface area contributed by atoms with Crippen LogP contribution in [0.25, 0.3) is 0 Å². The lowest BCUT2D eigenvalue weighted by Gasteiger charge is -2.03. The summed E-state index contributed by atoms with van der Waals surface area (Å²) in [7, 11) is 0. The lowest BCUT2D eigenvalue weighted by atomic mass is 10.1. The molecular formula is C12H10N2O3. The van der Waals surface area contributed by atoms with Gasteiger partial charge in [-0.15, -0.1) is 0 Å². The Bertz CT molecular complexity index is 529. The first-order chi connectivity index (χ1) is 8.16. The SMILES string of the molecule is CC(=O)c1ccc(NC(=O)c2cocn2)cc1. The summed E-state index contributed by atoms with van der Waals surface area (Å²) in [5.74, 6) is -0.367. The second kappa shape index (κ2) is 4.61. The van der Waals surface area contributed by atoms with Gasteiger partial charge in [0.1, 0.15) is 6.26 Å². The summed E-state index contributed by atoms with van der Waals surface area (Å²) in [5.41, 5.74) is 1.41. The minimum absolute atomic E-state index is 0.0145. The van der Waals surface area contributed by atoms with Gasteiger partial charge in [0.25, 0.3) is 5.91 Å². The predicted octanol–water partition coefficient (Wildman–Crippen LogP) is 2.13. The molecule has 0 spiro atoms. The smallest absolute Gasteiger partial charge is 0.277 e. The maximum Gasteiger partial charge on any atom is 0.277 e. The average molecular weight is 230 g/mol. The summed E-state index contributed by atoms with van der Waals surface area (Å²) in [6, 6.07) is 6.63. The van der Waals surface area contributed by atoms with Crippen LogP contribution in [0.2, 0.25) is 0 Å². The number of amides is 1. The molecule has 0 aliphatic rings. The van der Waals surface area contributed by atoms with E-state index in [0.29, 0.717) is 11.3 Å². The minimum Gasteiger partial charge on any atom is -0.451 e. The number of aromatic nitrogens is 1. The van der Waals surface area contributed by atoms with Crippen molar-refractivity contribution in [3.63, 3.8) is 0 Å². The number of carbonyl (C=O) groups is 2. The highest BCUT2D eigenvalue weighted by Crippen LogP contribution is 2.11. The summed E-state index contributed by atoms with van der Waals surface area (Å²) < 4.78 is 4.71. The number of hydrogen-bond donors (Lipinski definition) is 1. The third-order valence-corrected chi connectivity index (χ3v) is 2.21. The maximum atomic E-state index is 11.6. The van der Waals surface area contributed by atoms with E-state index >= 15 is 0 Å². The Morgan fingerprint density at radius 1 is 1.24 bits per heavy atom. The third-order valence-electron chi connectivity index (χ3n) is 2.21. The average Bonchev–Trinajstić information content (AvgIpc) is 2.83. The van der Waals surface area contributed by atoms with Gasteiger partial charge in [0, 0.05) is 11.3 Å². The third kappa shape index (κ3) is 2.57. The van der Waals surface area contributed by atoms with Crippen molar-refractivity contribution in [2.24, 2.45) is 0 Å². The topological polar surface area (TPSA) is 72.2 Å². The van der Waals surface area contributed by atoms with Gasteiger partial charge in [0.15, 0.2) is 17.9 Å². The number of nitrogens with zero attached hydrogens (tertiary/aromatic N) is 1. The molecule has 2 rings (SSSR count). The summed E-state index contributed by atoms with van der Waals surface area (Å²) in [4.78, 5) is 26.4. The maximum absolute atomic E-state index is 11.6. The number of nitrogens with one attached hydrogen (secondary N) is 1. The summed E-state index contributed by atoms with van der Waals surface area (Å²) in [6.45, 7) is 1.49. The van der Waals surface area contributed by atoms with Gasteiger partial charge in [0.05, 0.1) is 0 Å². The molecule has 1 aromatic heterocycles. The standard InChI is InChI=1S/C12H10N2O3/c1-8(15)9-2-4-10(5-3-9)14-12(16)11-6-17-7-13-11/h2-7H,1H3,(H,14,16). The lowest BCUT2D eigenvalue weighted by molar-refractivity contribution is 0.101. The van der Waals surface area contributed by atoms with E-state index in [-0.39, 0.29) is 17.4 Å². The number of Topliss-reactive ketones (excluding diaryl/α,β-unsaturated/α-hetero) is 1. The van der Waals surface area contributed by atoms with E-state index in [2.05, 4.69) is 10.3 Å². The Hall–Kier alpha value is -2.43. The Kier molecular flexibility index (Phi) is 3.00. The molecule has 0 fully saturated rings. The van der Waals surface area contributed by atoms with Gasteiger partial charge in [-0.05, 0) is 31.2 Å². The van der Waals surface area contributed by atoms with E-state index in [4.69, 9.17) is 4.42 Å². The van der Waals surface area contributed by atoms with Gasteiger partial charge in [-0.1, -0.05) is 0 Å². The molecule has 2 aromatic rings. The van der Waals surface area contributed by atoms with Crippen LogP contribution in [-0.4, -0.2) is 16.7 Å². The van der Waals surface area contributed by atoms with Gasteiger partial charge in [-0.3, -0.25) is 9.59 Å². The second-order valence-electron chi connectivity index (χ2n) is 3.46. The van der Waals surface area contributed by atoms with Gasteiger partial charge in [-0.25, -0.2) is 4.98 Å². The number of carbonyl (C=O) groups excluding carboxylic acids is 2. The molecule has 5 nitrogen and oxygen atoms in total. The van der Waals surface area contributed by atoms with Crippen LogP contribution in [0.1, 0.15) is 27.8 Å². The molecule has 17 heavy (non-hydrogen) atoms. The van der Waals surface area contributed by atoms with Crippen LogP contribution in [0.3, 0.4) is 0 Å². The number of rotatable bonds is 3. The van der Waals surface area contributed by atoms with E-state index < -0.39 is 0 Å². The van der Waals surface area contributed by atoms with Crippen molar-refractivity contribution in [2.75, 3.05) is 5.32 Å². The Morgan fingerprint density at radius 3 is 2.47 bits per heavy atom. The molecule has 1 N–H and O–H groups in total. The first-order valence-corrected chi connectivity index (χ1v) is 4.97. The van der Waals surface area contributed by atoms with Crippen molar-refractivity contribution >= 4 is 17.4 Å². The highest BCUT2D eigenvalue weighted by molar-refractivity contribution is 6.03. The summed E-state index contributed by atoms with van der Waals surface area (Å²) in [5, 5.41) is 2.64. The predicted molar refractivity (Wildman–Crippen MR) is 60.9 cm³/mol. The number of oxazole rings is 1. The number of ketones is 1. The molecule has 0 saturated heterocycles. The molecule has 1 amide bonds.